The van der Waals surface area contributed by atoms with Crippen LogP contribution in [0.15, 0.2) is 18.3 Å². The van der Waals surface area contributed by atoms with Gasteiger partial charge in [0.15, 0.2) is 11.6 Å². The summed E-state index contributed by atoms with van der Waals surface area (Å²) in [6.45, 7) is 4.74. The van der Waals surface area contributed by atoms with E-state index >= 15 is 0 Å². The molecule has 0 spiro atoms. The van der Waals surface area contributed by atoms with Crippen molar-refractivity contribution in [2.75, 3.05) is 5.32 Å². The van der Waals surface area contributed by atoms with Crippen LogP contribution in [-0.2, 0) is 11.3 Å². The molecule has 1 aliphatic rings. The number of rotatable bonds is 3. The molecule has 2 N–H and O–H groups in total. The summed E-state index contributed by atoms with van der Waals surface area (Å²) in [5.41, 5.74) is 2.34. The molecular formula is C16H16FN3O2. The number of aromatic hydroxyl groups is 1. The Hall–Kier alpha value is -2.63. The Kier molecular flexibility index (Phi) is 3.44. The minimum Gasteiger partial charge on any atom is -0.505 e. The zero-order valence-electron chi connectivity index (χ0n) is 12.4. The van der Waals surface area contributed by atoms with E-state index in [0.717, 1.165) is 24.2 Å². The van der Waals surface area contributed by atoms with E-state index in [1.165, 1.54) is 12.1 Å². The molecule has 0 saturated heterocycles. The maximum absolute atomic E-state index is 14.2. The van der Waals surface area contributed by atoms with Crippen molar-refractivity contribution < 1.29 is 14.3 Å². The Labute approximate surface area is 127 Å². The van der Waals surface area contributed by atoms with Crippen LogP contribution in [0.5, 0.6) is 5.75 Å². The number of hydrogen-bond donors (Lipinski definition) is 2. The van der Waals surface area contributed by atoms with E-state index in [1.54, 1.807) is 12.3 Å². The second kappa shape index (κ2) is 5.29. The zero-order valence-corrected chi connectivity index (χ0v) is 12.4. The molecule has 0 atom stereocenters. The van der Waals surface area contributed by atoms with E-state index in [0.29, 0.717) is 5.69 Å². The second-order valence-electron chi connectivity index (χ2n) is 5.24. The van der Waals surface area contributed by atoms with Crippen LogP contribution in [0.1, 0.15) is 30.2 Å². The lowest BCUT2D eigenvalue weighted by Gasteiger charge is -2.03. The van der Waals surface area contributed by atoms with Gasteiger partial charge >= 0.3 is 0 Å². The highest BCUT2D eigenvalue weighted by atomic mass is 19.1. The molecule has 6 heteroatoms. The fourth-order valence-corrected chi connectivity index (χ4v) is 2.57. The van der Waals surface area contributed by atoms with Crippen LogP contribution < -0.4 is 5.32 Å². The Bertz CT molecular complexity index is 793. The molecule has 1 aromatic carbocycles. The normalized spacial score (nSPS) is 15.2. The number of carbonyl (C=O) groups is 1. The SMILES string of the molecule is CCCn1ncc(/C=C2\C(=O)Nc3ccc(O)c(F)c32)c1C. The summed E-state index contributed by atoms with van der Waals surface area (Å²) in [6.07, 6.45) is 4.21. The number of carbonyl (C=O) groups excluding carboxylic acids is 1. The summed E-state index contributed by atoms with van der Waals surface area (Å²) in [5, 5.41) is 16.4. The van der Waals surface area contributed by atoms with Gasteiger partial charge in [-0.3, -0.25) is 9.48 Å². The first kappa shape index (κ1) is 14.3. The van der Waals surface area contributed by atoms with E-state index in [1.807, 2.05) is 11.6 Å². The van der Waals surface area contributed by atoms with Gasteiger partial charge in [-0.25, -0.2) is 4.39 Å². The van der Waals surface area contributed by atoms with E-state index in [4.69, 9.17) is 0 Å². The quantitative estimate of drug-likeness (QED) is 0.676. The highest BCUT2D eigenvalue weighted by molar-refractivity contribution is 6.35. The highest BCUT2D eigenvalue weighted by Crippen LogP contribution is 2.38. The van der Waals surface area contributed by atoms with Crippen molar-refractivity contribution in [3.63, 3.8) is 0 Å². The molecule has 22 heavy (non-hydrogen) atoms. The van der Waals surface area contributed by atoms with Crippen LogP contribution in [0, 0.1) is 12.7 Å². The molecule has 0 radical (unpaired) electrons. The number of nitrogens with one attached hydrogen (secondary N) is 1. The van der Waals surface area contributed by atoms with E-state index in [9.17, 15) is 14.3 Å². The molecule has 0 saturated carbocycles. The fourth-order valence-electron chi connectivity index (χ4n) is 2.57. The van der Waals surface area contributed by atoms with Gasteiger partial charge in [0.05, 0.1) is 23.0 Å². The number of phenolic OH excluding ortho intramolecular Hbond substituents is 1. The molecule has 3 rings (SSSR count). The van der Waals surface area contributed by atoms with Gasteiger partial charge in [0, 0.05) is 17.8 Å². The zero-order chi connectivity index (χ0) is 15.9. The van der Waals surface area contributed by atoms with Crippen LogP contribution in [0.3, 0.4) is 0 Å². The molecule has 0 aliphatic carbocycles. The lowest BCUT2D eigenvalue weighted by atomic mass is 10.0. The molecule has 5 nitrogen and oxygen atoms in total. The third kappa shape index (κ3) is 2.16. The average molecular weight is 301 g/mol. The van der Waals surface area contributed by atoms with Gasteiger partial charge in [0.2, 0.25) is 0 Å². The first-order valence-corrected chi connectivity index (χ1v) is 7.10. The van der Waals surface area contributed by atoms with Gasteiger partial charge in [-0.15, -0.1) is 0 Å². The van der Waals surface area contributed by atoms with E-state index < -0.39 is 11.6 Å². The van der Waals surface area contributed by atoms with Gasteiger partial charge < -0.3 is 10.4 Å². The summed E-state index contributed by atoms with van der Waals surface area (Å²) in [4.78, 5) is 12.1. The standard InChI is InChI=1S/C16H16FN3O2/c1-3-6-20-9(2)10(8-18-20)7-11-14-12(19-16(11)22)4-5-13(21)15(14)17/h4-5,7-8,21H,3,6H2,1-2H3,(H,19,22)/b11-7-. The predicted molar refractivity (Wildman–Crippen MR) is 81.8 cm³/mol. The summed E-state index contributed by atoms with van der Waals surface area (Å²) < 4.78 is 16.0. The number of nitrogens with zero attached hydrogens (tertiary/aromatic N) is 2. The fraction of sp³-hybridized carbons (Fsp3) is 0.250. The van der Waals surface area contributed by atoms with Gasteiger partial charge in [0.1, 0.15) is 0 Å². The van der Waals surface area contributed by atoms with Gasteiger partial charge in [-0.1, -0.05) is 6.92 Å². The largest absolute Gasteiger partial charge is 0.505 e. The highest BCUT2D eigenvalue weighted by Gasteiger charge is 2.29. The molecular weight excluding hydrogens is 285 g/mol. The smallest absolute Gasteiger partial charge is 0.256 e. The maximum Gasteiger partial charge on any atom is 0.256 e. The van der Waals surface area contributed by atoms with Crippen molar-refractivity contribution in [1.29, 1.82) is 0 Å². The molecule has 0 unspecified atom stereocenters. The minimum atomic E-state index is -0.791. The Morgan fingerprint density at radius 3 is 2.95 bits per heavy atom. The summed E-state index contributed by atoms with van der Waals surface area (Å²) in [6, 6.07) is 2.71. The summed E-state index contributed by atoms with van der Waals surface area (Å²) >= 11 is 0. The number of fused-ring (bicyclic) bond motifs is 1. The number of anilines is 1. The topological polar surface area (TPSA) is 67.2 Å². The molecule has 1 aromatic heterocycles. The maximum atomic E-state index is 14.2. The number of benzene rings is 1. The van der Waals surface area contributed by atoms with Gasteiger partial charge in [-0.05, 0) is 31.6 Å². The van der Waals surface area contributed by atoms with Crippen molar-refractivity contribution in [2.24, 2.45) is 0 Å². The monoisotopic (exact) mass is 301 g/mol. The van der Waals surface area contributed by atoms with Gasteiger partial charge in [-0.2, -0.15) is 5.10 Å². The number of phenols is 1. The van der Waals surface area contributed by atoms with E-state index in [2.05, 4.69) is 17.3 Å². The van der Waals surface area contributed by atoms with Crippen molar-refractivity contribution in [3.8, 4) is 5.75 Å². The third-order valence-corrected chi connectivity index (χ3v) is 3.76. The number of halogens is 1. The van der Waals surface area contributed by atoms with Crippen molar-refractivity contribution >= 4 is 23.2 Å². The van der Waals surface area contributed by atoms with E-state index in [-0.39, 0.29) is 17.0 Å². The summed E-state index contributed by atoms with van der Waals surface area (Å²) in [7, 11) is 0. The molecule has 0 fully saturated rings. The lowest BCUT2D eigenvalue weighted by Crippen LogP contribution is -2.04. The van der Waals surface area contributed by atoms with Gasteiger partial charge in [0.25, 0.3) is 5.91 Å². The van der Waals surface area contributed by atoms with Crippen molar-refractivity contribution in [2.45, 2.75) is 26.8 Å². The number of aromatic nitrogens is 2. The average Bonchev–Trinajstić information content (AvgIpc) is 2.99. The Morgan fingerprint density at radius 2 is 2.23 bits per heavy atom. The number of amides is 1. The van der Waals surface area contributed by atoms with Crippen LogP contribution in [0.4, 0.5) is 10.1 Å². The molecule has 0 bridgehead atoms. The molecule has 114 valence electrons. The predicted octanol–water partition coefficient (Wildman–Crippen LogP) is 2.94. The number of hydrogen-bond acceptors (Lipinski definition) is 3. The molecule has 1 aliphatic heterocycles. The molecule has 2 heterocycles. The first-order chi connectivity index (χ1) is 10.5. The van der Waals surface area contributed by atoms with Crippen molar-refractivity contribution in [1.82, 2.24) is 9.78 Å². The Balaban J connectivity index is 2.10. The van der Waals surface area contributed by atoms with Crippen LogP contribution in [0.2, 0.25) is 0 Å². The number of aryl methyl sites for hydroxylation is 1. The third-order valence-electron chi connectivity index (χ3n) is 3.76. The van der Waals surface area contributed by atoms with Crippen LogP contribution >= 0.6 is 0 Å². The first-order valence-electron chi connectivity index (χ1n) is 7.10. The van der Waals surface area contributed by atoms with Crippen LogP contribution in [0.25, 0.3) is 11.6 Å². The molecule has 1 amide bonds. The Morgan fingerprint density at radius 1 is 1.45 bits per heavy atom. The summed E-state index contributed by atoms with van der Waals surface area (Å²) in [5.74, 6) is -1.65. The van der Waals surface area contributed by atoms with Crippen LogP contribution in [-0.4, -0.2) is 20.8 Å². The molecule has 2 aromatic rings. The van der Waals surface area contributed by atoms with Crippen molar-refractivity contribution in [3.05, 3.63) is 41.0 Å². The lowest BCUT2D eigenvalue weighted by molar-refractivity contribution is -0.110. The second-order valence-corrected chi connectivity index (χ2v) is 5.24. The minimum absolute atomic E-state index is 0.104.